The molecule has 104 valence electrons. The van der Waals surface area contributed by atoms with E-state index in [9.17, 15) is 9.90 Å². The summed E-state index contributed by atoms with van der Waals surface area (Å²) < 4.78 is 3.97. The predicted octanol–water partition coefficient (Wildman–Crippen LogP) is 2.71. The van der Waals surface area contributed by atoms with Crippen molar-refractivity contribution in [2.45, 2.75) is 13.5 Å². The Kier molecular flexibility index (Phi) is 2.33. The van der Waals surface area contributed by atoms with E-state index in [0.29, 0.717) is 5.82 Å². The first-order valence-corrected chi connectivity index (χ1v) is 6.71. The number of benzene rings is 1. The summed E-state index contributed by atoms with van der Waals surface area (Å²) in [4.78, 5) is 15.5. The molecule has 5 nitrogen and oxygen atoms in total. The van der Waals surface area contributed by atoms with Crippen LogP contribution in [0.1, 0.15) is 21.6 Å². The van der Waals surface area contributed by atoms with Crippen molar-refractivity contribution in [3.05, 3.63) is 59.5 Å². The Bertz CT molecular complexity index is 874. The molecule has 3 heterocycles. The number of carbonyl (C=O) groups is 1. The average molecular weight is 279 g/mol. The van der Waals surface area contributed by atoms with Crippen LogP contribution in [0.4, 0.5) is 0 Å². The molecular formula is C16H13N3O2. The highest BCUT2D eigenvalue weighted by Crippen LogP contribution is 2.30. The van der Waals surface area contributed by atoms with E-state index in [2.05, 4.69) is 22.5 Å². The van der Waals surface area contributed by atoms with E-state index in [-0.39, 0.29) is 5.69 Å². The number of aromatic nitrogens is 3. The number of aryl methyl sites for hydroxylation is 1. The highest BCUT2D eigenvalue weighted by atomic mass is 16.4. The lowest BCUT2D eigenvalue weighted by Gasteiger charge is -2.09. The van der Waals surface area contributed by atoms with Crippen LogP contribution in [0.25, 0.3) is 17.2 Å². The van der Waals surface area contributed by atoms with Gasteiger partial charge in [0.2, 0.25) is 0 Å². The molecule has 1 aliphatic heterocycles. The molecule has 0 bridgehead atoms. The number of carboxylic acid groups (broad SMARTS) is 1. The number of imidazole rings is 1. The smallest absolute Gasteiger partial charge is 0.356 e. The third-order valence-corrected chi connectivity index (χ3v) is 3.82. The second-order valence-corrected chi connectivity index (χ2v) is 5.28. The second-order valence-electron chi connectivity index (χ2n) is 5.28. The van der Waals surface area contributed by atoms with Crippen molar-refractivity contribution < 1.29 is 9.90 Å². The van der Waals surface area contributed by atoms with Crippen LogP contribution < -0.4 is 0 Å². The van der Waals surface area contributed by atoms with E-state index < -0.39 is 5.97 Å². The largest absolute Gasteiger partial charge is 0.476 e. The maximum atomic E-state index is 11.2. The summed E-state index contributed by atoms with van der Waals surface area (Å²) in [6, 6.07) is 10.1. The van der Waals surface area contributed by atoms with Crippen LogP contribution in [-0.2, 0) is 6.54 Å². The molecule has 21 heavy (non-hydrogen) atoms. The van der Waals surface area contributed by atoms with E-state index in [4.69, 9.17) is 0 Å². The molecule has 2 aromatic heterocycles. The van der Waals surface area contributed by atoms with Crippen molar-refractivity contribution in [3.8, 4) is 17.2 Å². The molecule has 0 spiro atoms. The molecule has 0 aliphatic carbocycles. The van der Waals surface area contributed by atoms with Crippen LogP contribution in [0.15, 0.2) is 42.7 Å². The minimum Gasteiger partial charge on any atom is -0.476 e. The molecule has 0 unspecified atom stereocenters. The maximum absolute atomic E-state index is 11.2. The maximum Gasteiger partial charge on any atom is 0.356 e. The summed E-state index contributed by atoms with van der Waals surface area (Å²) in [6.07, 6.45) is 3.58. The molecule has 5 heteroatoms. The van der Waals surface area contributed by atoms with Gasteiger partial charge in [-0.15, -0.1) is 0 Å². The highest BCUT2D eigenvalue weighted by molar-refractivity contribution is 5.86. The van der Waals surface area contributed by atoms with E-state index >= 15 is 0 Å². The number of hydrogen-bond acceptors (Lipinski definition) is 2. The van der Waals surface area contributed by atoms with E-state index in [1.807, 2.05) is 35.0 Å². The van der Waals surface area contributed by atoms with Gasteiger partial charge in [-0.25, -0.2) is 9.78 Å². The van der Waals surface area contributed by atoms with Crippen molar-refractivity contribution in [1.29, 1.82) is 0 Å². The van der Waals surface area contributed by atoms with E-state index in [0.717, 1.165) is 23.5 Å². The fourth-order valence-electron chi connectivity index (χ4n) is 2.86. The minimum atomic E-state index is -1.01. The Morgan fingerprint density at radius 3 is 3.00 bits per heavy atom. The zero-order valence-electron chi connectivity index (χ0n) is 11.4. The first kappa shape index (κ1) is 12.0. The zero-order chi connectivity index (χ0) is 14.6. The van der Waals surface area contributed by atoms with Crippen LogP contribution in [0.2, 0.25) is 0 Å². The lowest BCUT2D eigenvalue weighted by atomic mass is 10.1. The normalized spacial score (nSPS) is 12.2. The summed E-state index contributed by atoms with van der Waals surface area (Å²) in [5.74, 6) is -0.345. The summed E-state index contributed by atoms with van der Waals surface area (Å²) in [7, 11) is 0. The third-order valence-electron chi connectivity index (χ3n) is 3.82. The Morgan fingerprint density at radius 2 is 2.19 bits per heavy atom. The van der Waals surface area contributed by atoms with Crippen molar-refractivity contribution in [3.63, 3.8) is 0 Å². The lowest BCUT2D eigenvalue weighted by molar-refractivity contribution is 0.0691. The van der Waals surface area contributed by atoms with Gasteiger partial charge in [0.1, 0.15) is 0 Å². The van der Waals surface area contributed by atoms with Gasteiger partial charge in [-0.3, -0.25) is 4.57 Å². The Labute approximate surface area is 121 Å². The monoisotopic (exact) mass is 279 g/mol. The van der Waals surface area contributed by atoms with Gasteiger partial charge in [-0.05, 0) is 30.7 Å². The fourth-order valence-corrected chi connectivity index (χ4v) is 2.86. The predicted molar refractivity (Wildman–Crippen MR) is 77.8 cm³/mol. The molecule has 0 atom stereocenters. The summed E-state index contributed by atoms with van der Waals surface area (Å²) in [5.41, 5.74) is 4.31. The molecule has 1 aromatic carbocycles. The average Bonchev–Trinajstić information content (AvgIpc) is 3.03. The van der Waals surface area contributed by atoms with Gasteiger partial charge in [-0.2, -0.15) is 0 Å². The quantitative estimate of drug-likeness (QED) is 0.583. The molecule has 0 fully saturated rings. The van der Waals surface area contributed by atoms with Gasteiger partial charge in [-0.1, -0.05) is 17.7 Å². The minimum absolute atomic E-state index is 0.0613. The van der Waals surface area contributed by atoms with Crippen LogP contribution in [0.3, 0.4) is 0 Å². The molecular weight excluding hydrogens is 266 g/mol. The first-order chi connectivity index (χ1) is 10.1. The Balaban J connectivity index is 2.07. The SMILES string of the molecule is Cc1ccc2c(c1)Cn1cccc1-c1nc(C(=O)O)cn1-2. The number of carboxylic acids is 1. The van der Waals surface area contributed by atoms with Crippen molar-refractivity contribution in [2.24, 2.45) is 0 Å². The van der Waals surface area contributed by atoms with E-state index in [1.54, 1.807) is 6.20 Å². The van der Waals surface area contributed by atoms with E-state index in [1.165, 1.54) is 5.56 Å². The van der Waals surface area contributed by atoms with Gasteiger partial charge in [0.05, 0.1) is 11.4 Å². The Hall–Kier alpha value is -2.82. The highest BCUT2D eigenvalue weighted by Gasteiger charge is 2.22. The number of nitrogens with zero attached hydrogens (tertiary/aromatic N) is 3. The summed E-state index contributed by atoms with van der Waals surface area (Å²) in [6.45, 7) is 2.81. The number of aromatic carboxylic acids is 1. The van der Waals surface area contributed by atoms with Crippen molar-refractivity contribution >= 4 is 5.97 Å². The molecule has 0 saturated heterocycles. The van der Waals surface area contributed by atoms with Crippen molar-refractivity contribution in [1.82, 2.24) is 14.1 Å². The van der Waals surface area contributed by atoms with Gasteiger partial charge < -0.3 is 9.67 Å². The van der Waals surface area contributed by atoms with Crippen LogP contribution in [0.5, 0.6) is 0 Å². The first-order valence-electron chi connectivity index (χ1n) is 6.71. The number of rotatable bonds is 1. The summed E-state index contributed by atoms with van der Waals surface area (Å²) >= 11 is 0. The number of fused-ring (bicyclic) bond motifs is 5. The molecule has 1 N–H and O–H groups in total. The van der Waals surface area contributed by atoms with Gasteiger partial charge in [0, 0.05) is 18.9 Å². The topological polar surface area (TPSA) is 60.1 Å². The standard InChI is InChI=1S/C16H13N3O2/c1-10-4-5-13-11(7-10)8-18-6-2-3-14(18)15-17-12(16(20)21)9-19(13)15/h2-7,9H,8H2,1H3,(H,20,21). The molecule has 0 radical (unpaired) electrons. The van der Waals surface area contributed by atoms with Crippen LogP contribution >= 0.6 is 0 Å². The van der Waals surface area contributed by atoms with Gasteiger partial charge in [0.25, 0.3) is 0 Å². The lowest BCUT2D eigenvalue weighted by Crippen LogP contribution is -2.01. The summed E-state index contributed by atoms with van der Waals surface area (Å²) in [5, 5.41) is 9.21. The van der Waals surface area contributed by atoms with Crippen molar-refractivity contribution in [2.75, 3.05) is 0 Å². The fraction of sp³-hybridized carbons (Fsp3) is 0.125. The molecule has 4 rings (SSSR count). The van der Waals surface area contributed by atoms with Crippen LogP contribution in [0, 0.1) is 6.92 Å². The molecule has 3 aromatic rings. The second kappa shape index (κ2) is 4.09. The van der Waals surface area contributed by atoms with Crippen LogP contribution in [-0.4, -0.2) is 25.2 Å². The third kappa shape index (κ3) is 1.71. The molecule has 1 aliphatic rings. The zero-order valence-corrected chi connectivity index (χ0v) is 11.4. The molecule has 0 saturated carbocycles. The molecule has 0 amide bonds. The van der Waals surface area contributed by atoms with Gasteiger partial charge in [0.15, 0.2) is 11.5 Å². The van der Waals surface area contributed by atoms with Gasteiger partial charge >= 0.3 is 5.97 Å². The number of hydrogen-bond donors (Lipinski definition) is 1. The Morgan fingerprint density at radius 1 is 1.33 bits per heavy atom.